The molecule has 0 bridgehead atoms. The molecule has 0 unspecified atom stereocenters. The van der Waals surface area contributed by atoms with Crippen LogP contribution in [-0.2, 0) is 4.74 Å². The van der Waals surface area contributed by atoms with Gasteiger partial charge in [0.25, 0.3) is 0 Å². The van der Waals surface area contributed by atoms with Crippen molar-refractivity contribution in [1.82, 2.24) is 10.6 Å². The third-order valence-corrected chi connectivity index (χ3v) is 1.93. The standard InChI is InChI=1S/C11H24N2O2/c1-3-5-9-15-10-6-8-13-11(14)12-7-4-2/h3-10H2,1-2H3,(H2,12,13,14). The number of carbonyl (C=O) groups is 1. The highest BCUT2D eigenvalue weighted by Crippen LogP contribution is 1.88. The molecule has 0 fully saturated rings. The van der Waals surface area contributed by atoms with E-state index in [1.165, 1.54) is 0 Å². The Morgan fingerprint density at radius 3 is 2.33 bits per heavy atom. The third-order valence-electron chi connectivity index (χ3n) is 1.93. The molecule has 15 heavy (non-hydrogen) atoms. The topological polar surface area (TPSA) is 50.4 Å². The number of ether oxygens (including phenoxy) is 1. The van der Waals surface area contributed by atoms with Crippen molar-refractivity contribution in [1.29, 1.82) is 0 Å². The van der Waals surface area contributed by atoms with E-state index >= 15 is 0 Å². The van der Waals surface area contributed by atoms with Crippen molar-refractivity contribution in [2.24, 2.45) is 0 Å². The van der Waals surface area contributed by atoms with Gasteiger partial charge in [0.2, 0.25) is 0 Å². The quantitative estimate of drug-likeness (QED) is 0.578. The van der Waals surface area contributed by atoms with E-state index in [2.05, 4.69) is 17.6 Å². The summed E-state index contributed by atoms with van der Waals surface area (Å²) in [5.41, 5.74) is 0. The number of nitrogens with one attached hydrogen (secondary N) is 2. The number of hydrogen-bond acceptors (Lipinski definition) is 2. The maximum Gasteiger partial charge on any atom is 0.314 e. The summed E-state index contributed by atoms with van der Waals surface area (Å²) >= 11 is 0. The highest BCUT2D eigenvalue weighted by atomic mass is 16.5. The second kappa shape index (κ2) is 11.3. The van der Waals surface area contributed by atoms with Crippen molar-refractivity contribution in [2.45, 2.75) is 39.5 Å². The molecule has 0 aliphatic carbocycles. The Morgan fingerprint density at radius 2 is 1.67 bits per heavy atom. The molecular weight excluding hydrogens is 192 g/mol. The summed E-state index contributed by atoms with van der Waals surface area (Å²) in [6, 6.07) is -0.0783. The molecule has 0 heterocycles. The summed E-state index contributed by atoms with van der Waals surface area (Å²) < 4.78 is 5.37. The maximum absolute atomic E-state index is 11.1. The first kappa shape index (κ1) is 14.2. The van der Waals surface area contributed by atoms with Crippen LogP contribution in [-0.4, -0.2) is 32.3 Å². The SMILES string of the molecule is CCCCOCCCNC(=O)NCCC. The Labute approximate surface area is 92.8 Å². The van der Waals surface area contributed by atoms with Gasteiger partial charge in [0, 0.05) is 26.3 Å². The van der Waals surface area contributed by atoms with Crippen molar-refractivity contribution >= 4 is 6.03 Å². The lowest BCUT2D eigenvalue weighted by molar-refractivity contribution is 0.129. The Kier molecular flexibility index (Phi) is 10.7. The molecule has 0 aliphatic rings. The van der Waals surface area contributed by atoms with Gasteiger partial charge in [0.15, 0.2) is 0 Å². The molecule has 0 saturated carbocycles. The van der Waals surface area contributed by atoms with Crippen molar-refractivity contribution in [3.05, 3.63) is 0 Å². The van der Waals surface area contributed by atoms with Crippen molar-refractivity contribution in [2.75, 3.05) is 26.3 Å². The lowest BCUT2D eigenvalue weighted by Gasteiger charge is -2.06. The van der Waals surface area contributed by atoms with Gasteiger partial charge < -0.3 is 15.4 Å². The fraction of sp³-hybridized carbons (Fsp3) is 0.909. The molecule has 2 amide bonds. The number of urea groups is 1. The molecule has 0 aromatic heterocycles. The van der Waals surface area contributed by atoms with Crippen molar-refractivity contribution in [3.63, 3.8) is 0 Å². The first-order valence-electron chi connectivity index (χ1n) is 5.90. The van der Waals surface area contributed by atoms with Crippen LogP contribution in [0.15, 0.2) is 0 Å². The molecule has 0 atom stereocenters. The second-order valence-corrected chi connectivity index (χ2v) is 3.50. The summed E-state index contributed by atoms with van der Waals surface area (Å²) in [5, 5.41) is 5.53. The Bertz CT molecular complexity index is 152. The maximum atomic E-state index is 11.1. The smallest absolute Gasteiger partial charge is 0.314 e. The average molecular weight is 216 g/mol. The number of rotatable bonds is 9. The van der Waals surface area contributed by atoms with Crippen molar-refractivity contribution in [3.8, 4) is 0 Å². The first-order chi connectivity index (χ1) is 7.31. The lowest BCUT2D eigenvalue weighted by atomic mass is 10.4. The van der Waals surface area contributed by atoms with Crippen LogP contribution < -0.4 is 10.6 Å². The minimum atomic E-state index is -0.0783. The molecule has 0 aromatic rings. The number of hydrogen-bond donors (Lipinski definition) is 2. The molecule has 0 aromatic carbocycles. The normalized spacial score (nSPS) is 10.0. The summed E-state index contributed by atoms with van der Waals surface area (Å²) in [6.07, 6.45) is 4.12. The van der Waals surface area contributed by atoms with Crippen LogP contribution in [0.2, 0.25) is 0 Å². The second-order valence-electron chi connectivity index (χ2n) is 3.50. The van der Waals surface area contributed by atoms with E-state index in [0.29, 0.717) is 6.54 Å². The number of carbonyl (C=O) groups excluding carboxylic acids is 1. The molecule has 0 saturated heterocycles. The number of unbranched alkanes of at least 4 members (excludes halogenated alkanes) is 1. The van der Waals surface area contributed by atoms with Crippen molar-refractivity contribution < 1.29 is 9.53 Å². The Morgan fingerprint density at radius 1 is 1.00 bits per heavy atom. The largest absolute Gasteiger partial charge is 0.381 e. The molecule has 4 nitrogen and oxygen atoms in total. The highest BCUT2D eigenvalue weighted by molar-refractivity contribution is 5.73. The summed E-state index contributed by atoms with van der Waals surface area (Å²) in [6.45, 7) is 7.15. The molecule has 2 N–H and O–H groups in total. The predicted octanol–water partition coefficient (Wildman–Crippen LogP) is 1.90. The fourth-order valence-electron chi connectivity index (χ4n) is 1.03. The average Bonchev–Trinajstić information content (AvgIpc) is 2.25. The number of amides is 2. The Hall–Kier alpha value is -0.770. The predicted molar refractivity (Wildman–Crippen MR) is 62.0 cm³/mol. The van der Waals surface area contributed by atoms with E-state index in [-0.39, 0.29) is 6.03 Å². The summed E-state index contributed by atoms with van der Waals surface area (Å²) in [7, 11) is 0. The lowest BCUT2D eigenvalue weighted by Crippen LogP contribution is -2.36. The van der Waals surface area contributed by atoms with E-state index in [1.807, 2.05) is 6.92 Å². The zero-order valence-corrected chi connectivity index (χ0v) is 9.97. The van der Waals surface area contributed by atoms with Crippen LogP contribution in [0.4, 0.5) is 4.79 Å². The van der Waals surface area contributed by atoms with Crippen LogP contribution >= 0.6 is 0 Å². The van der Waals surface area contributed by atoms with Gasteiger partial charge in [-0.3, -0.25) is 0 Å². The van der Waals surface area contributed by atoms with E-state index in [9.17, 15) is 4.79 Å². The monoisotopic (exact) mass is 216 g/mol. The van der Waals surface area contributed by atoms with E-state index in [1.54, 1.807) is 0 Å². The van der Waals surface area contributed by atoms with Crippen LogP contribution in [0.5, 0.6) is 0 Å². The molecular formula is C11H24N2O2. The van der Waals surface area contributed by atoms with Gasteiger partial charge in [0.05, 0.1) is 0 Å². The molecule has 90 valence electrons. The minimum absolute atomic E-state index is 0.0783. The highest BCUT2D eigenvalue weighted by Gasteiger charge is 1.96. The molecule has 0 aliphatic heterocycles. The summed E-state index contributed by atoms with van der Waals surface area (Å²) in [5.74, 6) is 0. The van der Waals surface area contributed by atoms with Gasteiger partial charge in [0.1, 0.15) is 0 Å². The van der Waals surface area contributed by atoms with Gasteiger partial charge in [-0.05, 0) is 19.3 Å². The molecule has 0 radical (unpaired) electrons. The zero-order valence-electron chi connectivity index (χ0n) is 9.97. The van der Waals surface area contributed by atoms with Gasteiger partial charge >= 0.3 is 6.03 Å². The van der Waals surface area contributed by atoms with E-state index < -0.39 is 0 Å². The van der Waals surface area contributed by atoms with E-state index in [0.717, 1.165) is 45.4 Å². The van der Waals surface area contributed by atoms with Gasteiger partial charge in [-0.25, -0.2) is 4.79 Å². The zero-order chi connectivity index (χ0) is 11.4. The minimum Gasteiger partial charge on any atom is -0.381 e. The van der Waals surface area contributed by atoms with Crippen LogP contribution in [0.3, 0.4) is 0 Å². The van der Waals surface area contributed by atoms with Crippen LogP contribution in [0.1, 0.15) is 39.5 Å². The van der Waals surface area contributed by atoms with Gasteiger partial charge in [-0.1, -0.05) is 20.3 Å². The first-order valence-corrected chi connectivity index (χ1v) is 5.90. The van der Waals surface area contributed by atoms with Crippen LogP contribution in [0, 0.1) is 0 Å². The molecule has 0 spiro atoms. The Balaban J connectivity index is 3.06. The van der Waals surface area contributed by atoms with E-state index in [4.69, 9.17) is 4.74 Å². The third kappa shape index (κ3) is 11.2. The molecule has 4 heteroatoms. The van der Waals surface area contributed by atoms with Gasteiger partial charge in [-0.2, -0.15) is 0 Å². The fourth-order valence-corrected chi connectivity index (χ4v) is 1.03. The van der Waals surface area contributed by atoms with Gasteiger partial charge in [-0.15, -0.1) is 0 Å². The summed E-state index contributed by atoms with van der Waals surface area (Å²) in [4.78, 5) is 11.1. The van der Waals surface area contributed by atoms with Crippen LogP contribution in [0.25, 0.3) is 0 Å². The molecule has 0 rings (SSSR count).